The molecule has 0 aliphatic heterocycles. The van der Waals surface area contributed by atoms with Crippen LogP contribution >= 0.6 is 0 Å². The van der Waals surface area contributed by atoms with Gasteiger partial charge in [0.15, 0.2) is 0 Å². The third-order valence-electron chi connectivity index (χ3n) is 3.88. The molecule has 0 saturated heterocycles. The largest absolute Gasteiger partial charge is 0.480 e. The molecule has 0 heterocycles. The predicted molar refractivity (Wildman–Crippen MR) is 69.4 cm³/mol. The summed E-state index contributed by atoms with van der Waals surface area (Å²) in [6, 6.07) is -0.769. The summed E-state index contributed by atoms with van der Waals surface area (Å²) >= 11 is 0. The fourth-order valence-electron chi connectivity index (χ4n) is 2.63. The molecule has 1 saturated carbocycles. The summed E-state index contributed by atoms with van der Waals surface area (Å²) < 4.78 is 0. The Balaban J connectivity index is 2.54. The van der Waals surface area contributed by atoms with Gasteiger partial charge in [-0.05, 0) is 26.3 Å². The van der Waals surface area contributed by atoms with Crippen LogP contribution in [0.15, 0.2) is 0 Å². The van der Waals surface area contributed by atoms with Crippen molar-refractivity contribution in [3.63, 3.8) is 0 Å². The number of carboxylic acids is 1. The van der Waals surface area contributed by atoms with Crippen molar-refractivity contribution in [2.75, 3.05) is 7.05 Å². The zero-order chi connectivity index (χ0) is 13.6. The topological polar surface area (TPSA) is 78.4 Å². The predicted octanol–water partition coefficient (Wildman–Crippen LogP) is 1.28. The molecule has 0 unspecified atom stereocenters. The lowest BCUT2D eigenvalue weighted by molar-refractivity contribution is -0.142. The summed E-state index contributed by atoms with van der Waals surface area (Å²) in [5.41, 5.74) is -0.140. The number of nitrogens with one attached hydrogen (secondary N) is 2. The first-order valence-corrected chi connectivity index (χ1v) is 6.74. The van der Waals surface area contributed by atoms with Gasteiger partial charge < -0.3 is 15.7 Å². The Kier molecular flexibility index (Phi) is 5.59. The van der Waals surface area contributed by atoms with Crippen molar-refractivity contribution in [1.29, 1.82) is 0 Å². The molecule has 1 fully saturated rings. The van der Waals surface area contributed by atoms with Gasteiger partial charge >= 0.3 is 5.97 Å². The van der Waals surface area contributed by atoms with Crippen LogP contribution in [0.2, 0.25) is 0 Å². The van der Waals surface area contributed by atoms with Crippen molar-refractivity contribution in [3.05, 3.63) is 0 Å². The van der Waals surface area contributed by atoms with Crippen LogP contribution in [-0.2, 0) is 9.59 Å². The third-order valence-corrected chi connectivity index (χ3v) is 3.88. The summed E-state index contributed by atoms with van der Waals surface area (Å²) in [5.74, 6) is -1.13. The highest BCUT2D eigenvalue weighted by atomic mass is 16.4. The van der Waals surface area contributed by atoms with Crippen LogP contribution in [0.25, 0.3) is 0 Å². The van der Waals surface area contributed by atoms with E-state index in [2.05, 4.69) is 10.6 Å². The van der Waals surface area contributed by atoms with Gasteiger partial charge in [0.2, 0.25) is 5.91 Å². The molecule has 104 valence electrons. The molecule has 1 atom stereocenters. The number of carbonyl (C=O) groups excluding carboxylic acids is 1. The molecule has 0 bridgehead atoms. The maximum atomic E-state index is 11.9. The summed E-state index contributed by atoms with van der Waals surface area (Å²) in [6.45, 7) is 1.76. The quantitative estimate of drug-likeness (QED) is 0.669. The summed E-state index contributed by atoms with van der Waals surface area (Å²) in [7, 11) is 1.88. The average Bonchev–Trinajstić information content (AvgIpc) is 2.36. The normalized spacial score (nSPS) is 20.1. The Bertz CT molecular complexity index is 299. The molecular weight excluding hydrogens is 232 g/mol. The molecule has 18 heavy (non-hydrogen) atoms. The van der Waals surface area contributed by atoms with Gasteiger partial charge in [0.05, 0.1) is 0 Å². The highest BCUT2D eigenvalue weighted by Crippen LogP contribution is 2.30. The molecule has 0 aromatic rings. The number of carbonyl (C=O) groups is 2. The summed E-state index contributed by atoms with van der Waals surface area (Å²) in [4.78, 5) is 22.8. The van der Waals surface area contributed by atoms with E-state index < -0.39 is 12.0 Å². The Morgan fingerprint density at radius 3 is 2.33 bits per heavy atom. The molecule has 1 amide bonds. The fraction of sp³-hybridized carbons (Fsp3) is 0.846. The molecule has 3 N–H and O–H groups in total. The van der Waals surface area contributed by atoms with E-state index in [9.17, 15) is 9.59 Å². The van der Waals surface area contributed by atoms with E-state index in [1.54, 1.807) is 6.92 Å². The second-order valence-corrected chi connectivity index (χ2v) is 5.13. The molecule has 1 aliphatic rings. The van der Waals surface area contributed by atoms with E-state index in [0.717, 1.165) is 25.7 Å². The summed E-state index contributed by atoms with van der Waals surface area (Å²) in [5, 5.41) is 14.8. The van der Waals surface area contributed by atoms with Crippen LogP contribution in [0.4, 0.5) is 0 Å². The van der Waals surface area contributed by atoms with Gasteiger partial charge in [-0.1, -0.05) is 26.2 Å². The van der Waals surface area contributed by atoms with Crippen LogP contribution in [-0.4, -0.2) is 35.6 Å². The van der Waals surface area contributed by atoms with E-state index in [0.29, 0.717) is 12.8 Å². The van der Waals surface area contributed by atoms with Gasteiger partial charge in [-0.2, -0.15) is 0 Å². The van der Waals surface area contributed by atoms with Gasteiger partial charge in [0.25, 0.3) is 0 Å². The lowest BCUT2D eigenvalue weighted by Crippen LogP contribution is -2.50. The zero-order valence-electron chi connectivity index (χ0n) is 11.3. The van der Waals surface area contributed by atoms with E-state index in [4.69, 9.17) is 5.11 Å². The molecule has 5 heteroatoms. The van der Waals surface area contributed by atoms with Gasteiger partial charge in [-0.3, -0.25) is 4.79 Å². The SMILES string of the molecule is CC[C@H](NC(=O)CC1(NC)CCCCC1)C(=O)O. The minimum Gasteiger partial charge on any atom is -0.480 e. The maximum absolute atomic E-state index is 11.9. The van der Waals surface area contributed by atoms with Gasteiger partial charge in [-0.25, -0.2) is 4.79 Å². The monoisotopic (exact) mass is 256 g/mol. The van der Waals surface area contributed by atoms with E-state index in [1.165, 1.54) is 6.42 Å². The number of rotatable bonds is 6. The summed E-state index contributed by atoms with van der Waals surface area (Å²) in [6.07, 6.45) is 6.23. The third kappa shape index (κ3) is 3.98. The molecule has 5 nitrogen and oxygen atoms in total. The van der Waals surface area contributed by atoms with Crippen LogP contribution in [0.3, 0.4) is 0 Å². The second-order valence-electron chi connectivity index (χ2n) is 5.13. The first-order chi connectivity index (χ1) is 8.53. The molecule has 0 aromatic heterocycles. The van der Waals surface area contributed by atoms with Gasteiger partial charge in [-0.15, -0.1) is 0 Å². The Morgan fingerprint density at radius 2 is 1.89 bits per heavy atom. The molecule has 0 aromatic carbocycles. The van der Waals surface area contributed by atoms with Crippen LogP contribution in [0.5, 0.6) is 0 Å². The molecular formula is C13H24N2O3. The van der Waals surface area contributed by atoms with Crippen molar-refractivity contribution in [1.82, 2.24) is 10.6 Å². The number of amides is 1. The van der Waals surface area contributed by atoms with Crippen molar-refractivity contribution in [2.45, 2.75) is 63.5 Å². The molecule has 0 radical (unpaired) electrons. The van der Waals surface area contributed by atoms with Crippen molar-refractivity contribution in [3.8, 4) is 0 Å². The van der Waals surface area contributed by atoms with Crippen molar-refractivity contribution in [2.24, 2.45) is 0 Å². The minimum atomic E-state index is -0.965. The van der Waals surface area contributed by atoms with E-state index in [1.807, 2.05) is 7.05 Å². The lowest BCUT2D eigenvalue weighted by atomic mass is 9.79. The first kappa shape index (κ1) is 15.0. The number of aliphatic carboxylic acids is 1. The maximum Gasteiger partial charge on any atom is 0.326 e. The number of hydrogen-bond donors (Lipinski definition) is 3. The fourth-order valence-corrected chi connectivity index (χ4v) is 2.63. The first-order valence-electron chi connectivity index (χ1n) is 6.74. The minimum absolute atomic E-state index is 0.140. The average molecular weight is 256 g/mol. The van der Waals surface area contributed by atoms with Crippen molar-refractivity contribution >= 4 is 11.9 Å². The Labute approximate surface area is 108 Å². The highest BCUT2D eigenvalue weighted by molar-refractivity contribution is 5.84. The van der Waals surface area contributed by atoms with Crippen LogP contribution < -0.4 is 10.6 Å². The van der Waals surface area contributed by atoms with Crippen LogP contribution in [0.1, 0.15) is 51.9 Å². The van der Waals surface area contributed by atoms with Gasteiger partial charge in [0, 0.05) is 12.0 Å². The smallest absolute Gasteiger partial charge is 0.326 e. The van der Waals surface area contributed by atoms with E-state index in [-0.39, 0.29) is 11.4 Å². The van der Waals surface area contributed by atoms with Gasteiger partial charge in [0.1, 0.15) is 6.04 Å². The van der Waals surface area contributed by atoms with Crippen molar-refractivity contribution < 1.29 is 14.7 Å². The zero-order valence-corrected chi connectivity index (χ0v) is 11.3. The van der Waals surface area contributed by atoms with E-state index >= 15 is 0 Å². The Hall–Kier alpha value is -1.10. The Morgan fingerprint density at radius 1 is 1.28 bits per heavy atom. The molecule has 1 rings (SSSR count). The van der Waals surface area contributed by atoms with Crippen LogP contribution in [0, 0.1) is 0 Å². The highest BCUT2D eigenvalue weighted by Gasteiger charge is 2.33. The number of carboxylic acid groups (broad SMARTS) is 1. The standard InChI is InChI=1S/C13H24N2O3/c1-3-10(12(17)18)15-11(16)9-13(14-2)7-5-4-6-8-13/h10,14H,3-9H2,1-2H3,(H,15,16)(H,17,18)/t10-/m0/s1. The lowest BCUT2D eigenvalue weighted by Gasteiger charge is -2.36. The second kappa shape index (κ2) is 6.73. The number of hydrogen-bond acceptors (Lipinski definition) is 3. The molecule has 0 spiro atoms. The molecule has 1 aliphatic carbocycles.